The van der Waals surface area contributed by atoms with Gasteiger partial charge in [0.25, 0.3) is 0 Å². The summed E-state index contributed by atoms with van der Waals surface area (Å²) in [4.78, 5) is 36.1. The summed E-state index contributed by atoms with van der Waals surface area (Å²) in [5.41, 5.74) is 1.95. The van der Waals surface area contributed by atoms with Crippen molar-refractivity contribution in [3.05, 3.63) is 47.1 Å². The van der Waals surface area contributed by atoms with Gasteiger partial charge in [0.2, 0.25) is 0 Å². The van der Waals surface area contributed by atoms with Crippen LogP contribution in [0.5, 0.6) is 0 Å². The molecule has 7 heteroatoms. The number of esters is 3. The van der Waals surface area contributed by atoms with Crippen LogP contribution in [0.3, 0.4) is 0 Å². The summed E-state index contributed by atoms with van der Waals surface area (Å²) in [6.45, 7) is 10.0. The predicted molar refractivity (Wildman–Crippen MR) is 106 cm³/mol. The topological polar surface area (TPSA) is 99.1 Å². The Kier molecular flexibility index (Phi) is 7.56. The maximum absolute atomic E-state index is 12.4. The number of carbonyl (C=O) groups is 3. The maximum Gasteiger partial charge on any atom is 0.334 e. The second-order valence-electron chi connectivity index (χ2n) is 7.31. The van der Waals surface area contributed by atoms with E-state index < -0.39 is 42.1 Å². The molecule has 2 rings (SSSR count). The minimum absolute atomic E-state index is 0.204. The number of fused-ring (bicyclic) bond motifs is 1. The second kappa shape index (κ2) is 9.69. The van der Waals surface area contributed by atoms with Gasteiger partial charge in [0, 0.05) is 30.9 Å². The Morgan fingerprint density at radius 2 is 2.03 bits per heavy atom. The number of aliphatic hydroxyl groups is 1. The van der Waals surface area contributed by atoms with Crippen molar-refractivity contribution in [3.63, 3.8) is 0 Å². The molecule has 1 N–H and O–H groups in total. The fourth-order valence-electron chi connectivity index (χ4n) is 3.41. The number of ether oxygens (including phenoxy) is 3. The van der Waals surface area contributed by atoms with Crippen molar-refractivity contribution in [3.8, 4) is 0 Å². The van der Waals surface area contributed by atoms with E-state index in [1.807, 2.05) is 0 Å². The number of carbonyl (C=O) groups excluding carboxylic acids is 3. The van der Waals surface area contributed by atoms with Crippen LogP contribution < -0.4 is 0 Å². The summed E-state index contributed by atoms with van der Waals surface area (Å²) in [6.07, 6.45) is 3.68. The van der Waals surface area contributed by atoms with Crippen LogP contribution in [0.15, 0.2) is 47.1 Å². The number of rotatable bonds is 4. The summed E-state index contributed by atoms with van der Waals surface area (Å²) in [5, 5.41) is 9.81. The zero-order valence-corrected chi connectivity index (χ0v) is 17.3. The average Bonchev–Trinajstić information content (AvgIpc) is 2.94. The fraction of sp³-hybridized carbons (Fsp3) is 0.500. The maximum atomic E-state index is 12.4. The Balaban J connectivity index is 2.48. The van der Waals surface area contributed by atoms with E-state index in [0.29, 0.717) is 23.1 Å². The highest BCUT2D eigenvalue weighted by atomic mass is 16.6. The SMILES string of the molecule is C=C1C(=O)OC2C=C(C)C(OC(C)=O)CC=C(CO)CC(OC(=O)C(C)=CC)C12. The van der Waals surface area contributed by atoms with Crippen molar-refractivity contribution >= 4 is 17.9 Å². The van der Waals surface area contributed by atoms with Crippen LogP contribution >= 0.6 is 0 Å². The second-order valence-corrected chi connectivity index (χ2v) is 7.31. The number of allylic oxidation sites excluding steroid dienone is 1. The standard InChI is InChI=1S/C22H28O7/c1-6-12(2)21(25)28-19-10-16(11-23)7-8-17(27-15(5)24)13(3)9-18-20(19)14(4)22(26)29-18/h6-7,9,17-20,23H,4,8,10-11H2,1-3,5H3. The third-order valence-electron chi connectivity index (χ3n) is 5.21. The largest absolute Gasteiger partial charge is 0.458 e. The van der Waals surface area contributed by atoms with Crippen LogP contribution in [-0.4, -0.2) is 47.9 Å². The molecule has 1 fully saturated rings. The lowest BCUT2D eigenvalue weighted by atomic mass is 9.85. The first kappa shape index (κ1) is 22.6. The van der Waals surface area contributed by atoms with Crippen molar-refractivity contribution < 1.29 is 33.7 Å². The van der Waals surface area contributed by atoms with Gasteiger partial charge in [0.1, 0.15) is 18.3 Å². The van der Waals surface area contributed by atoms with E-state index in [0.717, 1.165) is 0 Å². The van der Waals surface area contributed by atoms with Crippen LogP contribution in [0.2, 0.25) is 0 Å². The minimum Gasteiger partial charge on any atom is -0.458 e. The van der Waals surface area contributed by atoms with Crippen molar-refractivity contribution in [1.82, 2.24) is 0 Å². The summed E-state index contributed by atoms with van der Waals surface area (Å²) in [5.74, 6) is -2.12. The van der Waals surface area contributed by atoms with E-state index in [9.17, 15) is 19.5 Å². The summed E-state index contributed by atoms with van der Waals surface area (Å²) in [6, 6.07) is 0. The van der Waals surface area contributed by atoms with Gasteiger partial charge in [-0.3, -0.25) is 4.79 Å². The van der Waals surface area contributed by atoms with Crippen molar-refractivity contribution in [2.24, 2.45) is 5.92 Å². The molecule has 0 aromatic carbocycles. The van der Waals surface area contributed by atoms with E-state index in [1.165, 1.54) is 6.92 Å². The minimum atomic E-state index is -0.742. The van der Waals surface area contributed by atoms with Gasteiger partial charge in [0.05, 0.1) is 12.5 Å². The molecule has 1 heterocycles. The number of aliphatic hydroxyl groups excluding tert-OH is 1. The highest BCUT2D eigenvalue weighted by Gasteiger charge is 2.45. The van der Waals surface area contributed by atoms with Crippen LogP contribution in [-0.2, 0) is 28.6 Å². The lowest BCUT2D eigenvalue weighted by molar-refractivity contribution is -0.148. The van der Waals surface area contributed by atoms with Crippen molar-refractivity contribution in [2.75, 3.05) is 6.61 Å². The first-order chi connectivity index (χ1) is 13.7. The molecule has 7 nitrogen and oxygen atoms in total. The lowest BCUT2D eigenvalue weighted by Crippen LogP contribution is -2.34. The van der Waals surface area contributed by atoms with E-state index >= 15 is 0 Å². The zero-order valence-electron chi connectivity index (χ0n) is 17.3. The molecule has 0 spiro atoms. The molecule has 4 atom stereocenters. The van der Waals surface area contributed by atoms with Gasteiger partial charge < -0.3 is 19.3 Å². The molecule has 1 aliphatic carbocycles. The normalized spacial score (nSPS) is 28.0. The van der Waals surface area contributed by atoms with Crippen LogP contribution in [0.4, 0.5) is 0 Å². The number of hydrogen-bond acceptors (Lipinski definition) is 7. The van der Waals surface area contributed by atoms with Gasteiger partial charge >= 0.3 is 17.9 Å². The molecule has 0 aromatic rings. The molecular formula is C22H28O7. The van der Waals surface area contributed by atoms with Gasteiger partial charge in [-0.2, -0.15) is 0 Å². The Morgan fingerprint density at radius 3 is 2.62 bits per heavy atom. The van der Waals surface area contributed by atoms with E-state index in [1.54, 1.807) is 39.0 Å². The average molecular weight is 404 g/mol. The van der Waals surface area contributed by atoms with Crippen LogP contribution in [0, 0.1) is 5.92 Å². The predicted octanol–water partition coefficient (Wildman–Crippen LogP) is 2.55. The number of hydrogen-bond donors (Lipinski definition) is 1. The first-order valence-corrected chi connectivity index (χ1v) is 9.55. The van der Waals surface area contributed by atoms with Crippen molar-refractivity contribution in [1.29, 1.82) is 0 Å². The monoisotopic (exact) mass is 404 g/mol. The van der Waals surface area contributed by atoms with Gasteiger partial charge in [-0.25, -0.2) is 9.59 Å². The Morgan fingerprint density at radius 1 is 1.34 bits per heavy atom. The van der Waals surface area contributed by atoms with E-state index in [2.05, 4.69) is 6.58 Å². The lowest BCUT2D eigenvalue weighted by Gasteiger charge is -2.29. The quantitative estimate of drug-likeness (QED) is 0.333. The molecule has 158 valence electrons. The summed E-state index contributed by atoms with van der Waals surface area (Å²) in [7, 11) is 0. The summed E-state index contributed by atoms with van der Waals surface area (Å²) < 4.78 is 16.5. The third kappa shape index (κ3) is 5.44. The summed E-state index contributed by atoms with van der Waals surface area (Å²) >= 11 is 0. The van der Waals surface area contributed by atoms with E-state index in [4.69, 9.17) is 14.2 Å². The molecule has 29 heavy (non-hydrogen) atoms. The molecule has 2 aliphatic rings. The van der Waals surface area contributed by atoms with Crippen LogP contribution in [0.1, 0.15) is 40.5 Å². The Labute approximate surface area is 170 Å². The molecule has 1 aliphatic heterocycles. The molecule has 0 radical (unpaired) electrons. The molecule has 0 saturated carbocycles. The Hall–Kier alpha value is -2.67. The van der Waals surface area contributed by atoms with Crippen LogP contribution in [0.25, 0.3) is 0 Å². The third-order valence-corrected chi connectivity index (χ3v) is 5.21. The molecular weight excluding hydrogens is 376 g/mol. The highest BCUT2D eigenvalue weighted by Crippen LogP contribution is 2.36. The fourth-order valence-corrected chi connectivity index (χ4v) is 3.41. The van der Waals surface area contributed by atoms with Gasteiger partial charge in [-0.05, 0) is 38.0 Å². The van der Waals surface area contributed by atoms with Gasteiger partial charge in [-0.15, -0.1) is 0 Å². The first-order valence-electron chi connectivity index (χ1n) is 9.55. The zero-order chi connectivity index (χ0) is 21.7. The molecule has 4 unspecified atom stereocenters. The van der Waals surface area contributed by atoms with Gasteiger partial charge in [-0.1, -0.05) is 18.7 Å². The van der Waals surface area contributed by atoms with Crippen molar-refractivity contribution in [2.45, 2.75) is 58.8 Å². The molecule has 1 saturated heterocycles. The molecule has 0 amide bonds. The molecule has 0 bridgehead atoms. The van der Waals surface area contributed by atoms with Gasteiger partial charge in [0.15, 0.2) is 0 Å². The highest BCUT2D eigenvalue weighted by molar-refractivity contribution is 5.92. The van der Waals surface area contributed by atoms with E-state index in [-0.39, 0.29) is 18.6 Å². The molecule has 0 aromatic heterocycles. The smallest absolute Gasteiger partial charge is 0.334 e. The Bertz CT molecular complexity index is 787.